The number of nitrogens with zero attached hydrogens (tertiary/aromatic N) is 3. The summed E-state index contributed by atoms with van der Waals surface area (Å²) < 4.78 is 79.1. The first-order valence-electron chi connectivity index (χ1n) is 8.57. The van der Waals surface area contributed by atoms with Crippen molar-refractivity contribution in [1.29, 1.82) is 0 Å². The summed E-state index contributed by atoms with van der Waals surface area (Å²) in [6.45, 7) is -5.48. The molecule has 1 aromatic rings. The number of nitrogens with one attached hydrogen (secondary N) is 1. The molecule has 5 N–H and O–H groups in total. The number of ether oxygens (including phenoxy) is 1. The van der Waals surface area contributed by atoms with Gasteiger partial charge < -0.3 is 24.5 Å². The van der Waals surface area contributed by atoms with Gasteiger partial charge in [-0.15, -0.1) is 9.81 Å². The number of aliphatic hydroxyl groups is 1. The Kier molecular flexibility index (Phi) is 8.58. The predicted octanol–water partition coefficient (Wildman–Crippen LogP) is -0.273. The van der Waals surface area contributed by atoms with E-state index >= 15 is 0 Å². The number of aliphatic hydroxyl groups excluding tert-OH is 1. The zero-order chi connectivity index (χ0) is 26.9. The Morgan fingerprint density at radius 1 is 1.11 bits per heavy atom. The summed E-state index contributed by atoms with van der Waals surface area (Å²) in [5, 5.41) is 12.9. The molecule has 0 radical (unpaired) electrons. The predicted molar refractivity (Wildman–Crippen MR) is 104 cm³/mol. The molecule has 0 aromatic carbocycles. The normalized spacial score (nSPS) is 31.7. The number of alkyl halides is 2. The van der Waals surface area contributed by atoms with E-state index in [1.165, 1.54) is 4.95 Å². The van der Waals surface area contributed by atoms with Crippen molar-refractivity contribution < 1.29 is 60.1 Å². The van der Waals surface area contributed by atoms with E-state index in [1.807, 2.05) is 0 Å². The number of phosphoric ester groups is 1. The van der Waals surface area contributed by atoms with Crippen molar-refractivity contribution in [2.24, 2.45) is 10.1 Å². The first-order valence-corrected chi connectivity index (χ1v) is 13.1. The lowest BCUT2D eigenvalue weighted by Crippen LogP contribution is -2.54. The molecule has 0 saturated carbocycles. The maximum absolute atomic E-state index is 14.0. The highest BCUT2D eigenvalue weighted by Gasteiger charge is 2.67. The van der Waals surface area contributed by atoms with Gasteiger partial charge in [-0.05, 0) is 0 Å². The lowest BCUT2D eigenvalue weighted by atomic mass is 9.85. The molecule has 198 valence electrons. The topological polar surface area (TPSA) is 283 Å². The molecule has 3 unspecified atom stereocenters. The Morgan fingerprint density at radius 3 is 2.23 bits per heavy atom. The van der Waals surface area contributed by atoms with E-state index in [2.05, 4.69) is 18.3 Å². The van der Waals surface area contributed by atoms with Crippen molar-refractivity contribution in [2.45, 2.75) is 23.5 Å². The number of phosphoric acid groups is 2. The molecule has 1 aliphatic heterocycles. The quantitative estimate of drug-likeness (QED) is 0.159. The second-order valence-corrected chi connectivity index (χ2v) is 11.3. The van der Waals surface area contributed by atoms with Crippen LogP contribution in [0.4, 0.5) is 8.78 Å². The zero-order valence-corrected chi connectivity index (χ0v) is 19.3. The third-order valence-corrected chi connectivity index (χ3v) is 8.44. The van der Waals surface area contributed by atoms with E-state index in [0.29, 0.717) is 16.8 Å². The van der Waals surface area contributed by atoms with Crippen molar-refractivity contribution in [1.82, 2.24) is 9.55 Å². The number of aromatic amines is 1. The molecule has 1 aliphatic rings. The molecular formula is C11H15F2N4O15P3. The van der Waals surface area contributed by atoms with E-state index in [9.17, 15) is 56.8 Å². The Hall–Kier alpha value is -1.89. The average Bonchev–Trinajstić information content (AvgIpc) is 2.99. The van der Waals surface area contributed by atoms with Gasteiger partial charge in [0.25, 0.3) is 5.56 Å². The Morgan fingerprint density at radius 2 is 1.74 bits per heavy atom. The van der Waals surface area contributed by atoms with Crippen LogP contribution in [-0.2, 0) is 31.6 Å². The molecule has 1 saturated heterocycles. The number of hydrogen-bond acceptors (Lipinski definition) is 13. The summed E-state index contributed by atoms with van der Waals surface area (Å²) in [5.74, 6) is 0. The van der Waals surface area contributed by atoms with E-state index in [4.69, 9.17) is 9.63 Å². The number of hydrogen-bond donors (Lipinski definition) is 5. The van der Waals surface area contributed by atoms with Crippen LogP contribution >= 0.6 is 23.4 Å². The number of aromatic nitrogens is 2. The van der Waals surface area contributed by atoms with Gasteiger partial charge >= 0.3 is 29.1 Å². The van der Waals surface area contributed by atoms with E-state index in [-0.39, 0.29) is 0 Å². The molecule has 2 heterocycles. The van der Waals surface area contributed by atoms with Gasteiger partial charge in [-0.1, -0.05) is 5.18 Å². The molecule has 0 bridgehead atoms. The van der Waals surface area contributed by atoms with Gasteiger partial charge in [0.05, 0.1) is 6.61 Å². The Balaban J connectivity index is 2.38. The minimum Gasteiger partial charge on any atom is -0.387 e. The highest BCUT2D eigenvalue weighted by molar-refractivity contribution is 7.67. The van der Waals surface area contributed by atoms with Crippen molar-refractivity contribution >= 4 is 23.4 Å². The first-order chi connectivity index (χ1) is 16.0. The zero-order valence-electron chi connectivity index (χ0n) is 16.6. The molecule has 0 spiro atoms. The standard InChI is InChI=1S/C11H15F2N4O15P3/c12-3-10(5-29-34(25,26)32-35(27,28)31-33(23,24)16-22)7(19)11(4-13,15-21)8(30-10)17-2-1-6(18)14-9(17)20/h1-2,7-8,19H,3-5H2,(H,23,24)(H,25,26)(H,27,28)(H,14,18,20)/t7-,8-,10-,11-/m1/s1. The summed E-state index contributed by atoms with van der Waals surface area (Å²) in [4.78, 5) is 75.6. The van der Waals surface area contributed by atoms with Crippen LogP contribution in [0.2, 0.25) is 0 Å². The van der Waals surface area contributed by atoms with Crippen LogP contribution in [0.3, 0.4) is 0 Å². The van der Waals surface area contributed by atoms with Gasteiger partial charge in [-0.2, -0.15) is 8.62 Å². The lowest BCUT2D eigenvalue weighted by Gasteiger charge is -2.30. The maximum Gasteiger partial charge on any atom is 0.496 e. The van der Waals surface area contributed by atoms with Crippen LogP contribution in [0, 0.1) is 9.81 Å². The maximum atomic E-state index is 14.0. The number of halogens is 2. The Labute approximate surface area is 190 Å². The fraction of sp³-hybridized carbons (Fsp3) is 0.636. The van der Waals surface area contributed by atoms with Crippen LogP contribution in [0.5, 0.6) is 0 Å². The molecule has 0 amide bonds. The van der Waals surface area contributed by atoms with E-state index < -0.39 is 78.1 Å². The third kappa shape index (κ3) is 6.10. The average molecular weight is 574 g/mol. The van der Waals surface area contributed by atoms with Gasteiger partial charge in [0.15, 0.2) is 11.8 Å². The SMILES string of the molecule is O=N[C@]1(CF)[C@H](O)[C@@](CF)(COP(=O)(O)OP(=O)(O)OP(=O)(O)N=O)O[C@H]1n1ccc(=O)[nH]c1=O. The minimum absolute atomic E-state index is 0.346. The van der Waals surface area contributed by atoms with Gasteiger partial charge in [0.2, 0.25) is 5.54 Å². The minimum atomic E-state index is -6.02. The van der Waals surface area contributed by atoms with Crippen LogP contribution < -0.4 is 11.2 Å². The second-order valence-electron chi connectivity index (χ2n) is 6.75. The molecule has 35 heavy (non-hydrogen) atoms. The smallest absolute Gasteiger partial charge is 0.387 e. The van der Waals surface area contributed by atoms with E-state index in [0.717, 1.165) is 0 Å². The summed E-state index contributed by atoms with van der Waals surface area (Å²) >= 11 is 0. The van der Waals surface area contributed by atoms with Crippen molar-refractivity contribution in [3.05, 3.63) is 42.9 Å². The molecule has 0 aliphatic carbocycles. The molecule has 1 fully saturated rings. The van der Waals surface area contributed by atoms with Crippen LogP contribution in [0.15, 0.2) is 32.0 Å². The summed E-state index contributed by atoms with van der Waals surface area (Å²) in [7, 11) is -17.6. The lowest BCUT2D eigenvalue weighted by molar-refractivity contribution is -0.136. The summed E-state index contributed by atoms with van der Waals surface area (Å²) in [6, 6.07) is 0.708. The number of H-pyrrole nitrogens is 1. The monoisotopic (exact) mass is 574 g/mol. The summed E-state index contributed by atoms with van der Waals surface area (Å²) in [5.41, 5.74) is -8.20. The van der Waals surface area contributed by atoms with Crippen LogP contribution in [-0.4, -0.2) is 66.5 Å². The van der Waals surface area contributed by atoms with Gasteiger partial charge in [0.1, 0.15) is 19.5 Å². The van der Waals surface area contributed by atoms with Gasteiger partial charge in [0, 0.05) is 17.2 Å². The molecule has 1 aromatic heterocycles. The van der Waals surface area contributed by atoms with Crippen LogP contribution in [0.25, 0.3) is 0 Å². The van der Waals surface area contributed by atoms with Crippen molar-refractivity contribution in [2.75, 3.05) is 20.0 Å². The highest BCUT2D eigenvalue weighted by atomic mass is 31.3. The number of nitroso groups, excluding NO2 is 2. The Bertz CT molecular complexity index is 1240. The fourth-order valence-electron chi connectivity index (χ4n) is 2.91. The largest absolute Gasteiger partial charge is 0.496 e. The van der Waals surface area contributed by atoms with Gasteiger partial charge in [-0.25, -0.2) is 27.3 Å². The number of rotatable bonds is 12. The fourth-order valence-corrected chi connectivity index (χ4v) is 6.11. The van der Waals surface area contributed by atoms with Crippen LogP contribution in [0.1, 0.15) is 6.23 Å². The molecule has 19 nitrogen and oxygen atoms in total. The second kappa shape index (κ2) is 10.2. The molecule has 24 heteroatoms. The van der Waals surface area contributed by atoms with Crippen molar-refractivity contribution in [3.63, 3.8) is 0 Å². The molecule has 2 rings (SSSR count). The van der Waals surface area contributed by atoms with E-state index in [1.54, 1.807) is 4.98 Å². The van der Waals surface area contributed by atoms with Crippen molar-refractivity contribution in [3.8, 4) is 0 Å². The van der Waals surface area contributed by atoms with Gasteiger partial charge in [-0.3, -0.25) is 18.9 Å². The molecule has 7 atom stereocenters. The first kappa shape index (κ1) is 29.3. The third-order valence-electron chi connectivity index (χ3n) is 4.45. The molecular weight excluding hydrogens is 559 g/mol. The highest BCUT2D eigenvalue weighted by Crippen LogP contribution is 2.68. The summed E-state index contributed by atoms with van der Waals surface area (Å²) in [6.07, 6.45) is -4.23.